The zero-order valence-electron chi connectivity index (χ0n) is 8.10. The molecule has 0 saturated carbocycles. The van der Waals surface area contributed by atoms with E-state index in [0.717, 1.165) is 6.92 Å². The van der Waals surface area contributed by atoms with Gasteiger partial charge in [0.2, 0.25) is 5.91 Å². The third kappa shape index (κ3) is 2.78. The Hall–Kier alpha value is -1.89. The molecule has 0 aliphatic heterocycles. The van der Waals surface area contributed by atoms with Gasteiger partial charge in [0, 0.05) is 19.5 Å². The molecule has 0 aromatic carbocycles. The predicted molar refractivity (Wildman–Crippen MR) is 49.3 cm³/mol. The number of nitrogens with one attached hydrogen (secondary N) is 2. The van der Waals surface area contributed by atoms with Crippen LogP contribution in [0.25, 0.3) is 0 Å². The fourth-order valence-electron chi connectivity index (χ4n) is 1.11. The summed E-state index contributed by atoms with van der Waals surface area (Å²) < 4.78 is 0. The number of hydrogen-bond donors (Lipinski definition) is 2. The van der Waals surface area contributed by atoms with Crippen LogP contribution in [-0.2, 0) is 16.0 Å². The number of aliphatic carboxylic acids is 1. The molecule has 1 rings (SSSR count). The van der Waals surface area contributed by atoms with Crippen molar-refractivity contribution >= 4 is 11.9 Å². The summed E-state index contributed by atoms with van der Waals surface area (Å²) in [5.41, 5.74) is 0.501. The predicted octanol–water partition coefficient (Wildman–Crippen LogP) is -0.548. The van der Waals surface area contributed by atoms with E-state index < -0.39 is 17.9 Å². The van der Waals surface area contributed by atoms with E-state index in [9.17, 15) is 9.59 Å². The van der Waals surface area contributed by atoms with Gasteiger partial charge in [0.15, 0.2) is 6.04 Å². The van der Waals surface area contributed by atoms with Crippen LogP contribution in [0, 0.1) is 0 Å². The zero-order chi connectivity index (χ0) is 11.4. The molecule has 1 heterocycles. The van der Waals surface area contributed by atoms with Gasteiger partial charge in [-0.1, -0.05) is 0 Å². The van der Waals surface area contributed by atoms with E-state index in [2.05, 4.69) is 9.97 Å². The maximum absolute atomic E-state index is 10.9. The highest BCUT2D eigenvalue weighted by Crippen LogP contribution is 2.04. The summed E-state index contributed by atoms with van der Waals surface area (Å²) in [7, 11) is 0. The average Bonchev–Trinajstić information content (AvgIpc) is 2.64. The van der Waals surface area contributed by atoms with Crippen molar-refractivity contribution in [2.24, 2.45) is 0 Å². The van der Waals surface area contributed by atoms with Gasteiger partial charge in [0.05, 0.1) is 12.0 Å². The molecule has 7 nitrogen and oxygen atoms in total. The third-order valence-electron chi connectivity index (χ3n) is 1.89. The maximum atomic E-state index is 10.9. The topological polar surface area (TPSA) is 110 Å². The van der Waals surface area contributed by atoms with Crippen LogP contribution in [0.3, 0.4) is 0 Å². The minimum atomic E-state index is -1.22. The molecule has 1 radical (unpaired) electrons. The summed E-state index contributed by atoms with van der Waals surface area (Å²) in [4.78, 5) is 28.2. The minimum Gasteiger partial charge on any atom is -0.480 e. The molecule has 0 fully saturated rings. The van der Waals surface area contributed by atoms with Gasteiger partial charge in [-0.2, -0.15) is 0 Å². The van der Waals surface area contributed by atoms with Crippen molar-refractivity contribution in [3.05, 3.63) is 18.2 Å². The van der Waals surface area contributed by atoms with Crippen LogP contribution in [0.15, 0.2) is 12.5 Å². The number of hydrogen-bond acceptors (Lipinski definition) is 3. The quantitative estimate of drug-likeness (QED) is 0.651. The number of amides is 1. The lowest BCUT2D eigenvalue weighted by Gasteiger charge is -2.20. The van der Waals surface area contributed by atoms with Crippen LogP contribution in [0.1, 0.15) is 12.6 Å². The van der Waals surface area contributed by atoms with Gasteiger partial charge in [-0.15, -0.1) is 5.84 Å². The van der Waals surface area contributed by atoms with Gasteiger partial charge in [-0.3, -0.25) is 4.79 Å². The molecule has 0 bridgehead atoms. The lowest BCUT2D eigenvalue weighted by molar-refractivity contribution is -0.150. The lowest BCUT2D eigenvalue weighted by Crippen LogP contribution is -2.44. The number of carbonyl (C=O) groups is 2. The van der Waals surface area contributed by atoms with Crippen molar-refractivity contribution in [2.75, 3.05) is 0 Å². The smallest absolute Gasteiger partial charge is 0.328 e. The number of aromatic nitrogens is 2. The number of aromatic amines is 1. The molecule has 0 spiro atoms. The normalized spacial score (nSPS) is 12.1. The first-order chi connectivity index (χ1) is 7.02. The lowest BCUT2D eigenvalue weighted by atomic mass is 10.1. The van der Waals surface area contributed by atoms with E-state index in [4.69, 9.17) is 10.9 Å². The van der Waals surface area contributed by atoms with Crippen LogP contribution in [0.5, 0.6) is 0 Å². The Kier molecular flexibility index (Phi) is 3.40. The summed E-state index contributed by atoms with van der Waals surface area (Å²) in [6.07, 6.45) is 2.96. The largest absolute Gasteiger partial charge is 0.480 e. The molecule has 1 aromatic heterocycles. The van der Waals surface area contributed by atoms with Crippen LogP contribution in [0.2, 0.25) is 0 Å². The Morgan fingerprint density at radius 3 is 2.80 bits per heavy atom. The summed E-state index contributed by atoms with van der Waals surface area (Å²) in [5.74, 6) is 5.45. The summed E-state index contributed by atoms with van der Waals surface area (Å²) in [6.45, 7) is 1.15. The number of carboxylic acid groups (broad SMARTS) is 1. The van der Waals surface area contributed by atoms with Gasteiger partial charge < -0.3 is 10.1 Å². The standard InChI is InChI=1S/C8H11N4O3/c1-5(13)12(9)7(8(14)15)2-6-3-10-4-11-6/h3-4,7,9H,2H2,1H3,(H,10,11)(H,14,15)/t7-/m0/s1. The SMILES string of the molecule is CC(=O)N([NH])[C@@H](Cc1c[nH]cn1)C(=O)O. The number of imidazole rings is 1. The molecule has 0 aliphatic carbocycles. The molecule has 7 heteroatoms. The molecule has 3 N–H and O–H groups in total. The average molecular weight is 211 g/mol. The molecule has 1 aromatic rings. The van der Waals surface area contributed by atoms with E-state index in [1.807, 2.05) is 0 Å². The highest BCUT2D eigenvalue weighted by molar-refractivity contribution is 5.81. The molecule has 0 aliphatic rings. The van der Waals surface area contributed by atoms with Gasteiger partial charge in [0.1, 0.15) is 0 Å². The molecular formula is C8H11N4O3. The van der Waals surface area contributed by atoms with Gasteiger partial charge in [-0.05, 0) is 0 Å². The molecule has 1 atom stereocenters. The first-order valence-corrected chi connectivity index (χ1v) is 4.24. The van der Waals surface area contributed by atoms with Crippen molar-refractivity contribution in [1.29, 1.82) is 0 Å². The fraction of sp³-hybridized carbons (Fsp3) is 0.375. The Morgan fingerprint density at radius 1 is 1.73 bits per heavy atom. The van der Waals surface area contributed by atoms with Crippen molar-refractivity contribution in [3.8, 4) is 0 Å². The minimum absolute atomic E-state index is 0.0158. The van der Waals surface area contributed by atoms with Gasteiger partial charge in [0.25, 0.3) is 0 Å². The monoisotopic (exact) mass is 211 g/mol. The molecule has 1 amide bonds. The van der Waals surface area contributed by atoms with E-state index in [1.54, 1.807) is 0 Å². The zero-order valence-corrected chi connectivity index (χ0v) is 8.10. The number of carbonyl (C=O) groups excluding carboxylic acids is 1. The molecule has 81 valence electrons. The second kappa shape index (κ2) is 4.56. The number of H-pyrrole nitrogens is 1. The molecule has 15 heavy (non-hydrogen) atoms. The van der Waals surface area contributed by atoms with Crippen LogP contribution in [-0.4, -0.2) is 38.0 Å². The van der Waals surface area contributed by atoms with E-state index in [0.29, 0.717) is 10.7 Å². The van der Waals surface area contributed by atoms with Gasteiger partial charge in [-0.25, -0.2) is 14.8 Å². The summed E-state index contributed by atoms with van der Waals surface area (Å²) in [6, 6.07) is -1.20. The van der Waals surface area contributed by atoms with Crippen molar-refractivity contribution < 1.29 is 14.7 Å². The highest BCUT2D eigenvalue weighted by Gasteiger charge is 2.26. The summed E-state index contributed by atoms with van der Waals surface area (Å²) >= 11 is 0. The summed E-state index contributed by atoms with van der Waals surface area (Å²) in [5, 5.41) is 9.28. The maximum Gasteiger partial charge on any atom is 0.328 e. The second-order valence-electron chi connectivity index (χ2n) is 3.01. The third-order valence-corrected chi connectivity index (χ3v) is 1.89. The first-order valence-electron chi connectivity index (χ1n) is 4.24. The molecule has 0 unspecified atom stereocenters. The van der Waals surface area contributed by atoms with E-state index in [1.165, 1.54) is 12.5 Å². The Morgan fingerprint density at radius 2 is 2.40 bits per heavy atom. The Balaban J connectivity index is 2.75. The Labute approximate surface area is 85.9 Å². The van der Waals surface area contributed by atoms with Crippen LogP contribution >= 0.6 is 0 Å². The fourth-order valence-corrected chi connectivity index (χ4v) is 1.11. The van der Waals surface area contributed by atoms with Crippen LogP contribution < -0.4 is 5.84 Å². The Bertz CT molecular complexity index is 349. The first kappa shape index (κ1) is 11.2. The highest BCUT2D eigenvalue weighted by atomic mass is 16.4. The van der Waals surface area contributed by atoms with E-state index in [-0.39, 0.29) is 6.42 Å². The van der Waals surface area contributed by atoms with Crippen molar-refractivity contribution in [3.63, 3.8) is 0 Å². The molecular weight excluding hydrogens is 200 g/mol. The number of nitrogens with zero attached hydrogens (tertiary/aromatic N) is 2. The number of rotatable bonds is 4. The molecule has 0 saturated heterocycles. The van der Waals surface area contributed by atoms with Crippen molar-refractivity contribution in [1.82, 2.24) is 20.8 Å². The van der Waals surface area contributed by atoms with E-state index >= 15 is 0 Å². The second-order valence-corrected chi connectivity index (χ2v) is 3.01. The van der Waals surface area contributed by atoms with Crippen molar-refractivity contribution in [2.45, 2.75) is 19.4 Å². The van der Waals surface area contributed by atoms with Crippen LogP contribution in [0.4, 0.5) is 0 Å². The van der Waals surface area contributed by atoms with Gasteiger partial charge >= 0.3 is 5.97 Å². The number of carboxylic acids is 1.